The molecule has 0 aromatic heterocycles. The summed E-state index contributed by atoms with van der Waals surface area (Å²) in [5, 5.41) is 0. The molecule has 0 aliphatic heterocycles. The molecule has 0 unspecified atom stereocenters. The first-order valence-corrected chi connectivity index (χ1v) is 5.18. The van der Waals surface area contributed by atoms with Gasteiger partial charge in [-0.2, -0.15) is 0 Å². The van der Waals surface area contributed by atoms with Gasteiger partial charge >= 0.3 is 0 Å². The van der Waals surface area contributed by atoms with Crippen molar-refractivity contribution in [2.75, 3.05) is 0 Å². The molecule has 0 aliphatic carbocycles. The van der Waals surface area contributed by atoms with Gasteiger partial charge in [0.05, 0.1) is 0 Å². The fourth-order valence-corrected chi connectivity index (χ4v) is 1.63. The van der Waals surface area contributed by atoms with Crippen molar-refractivity contribution in [1.29, 1.82) is 0 Å². The monoisotopic (exact) mass is 197 g/mol. The molecular weight excluding hydrogens is 182 g/mol. The second kappa shape index (κ2) is 4.28. The van der Waals surface area contributed by atoms with Crippen molar-refractivity contribution in [3.8, 4) is 11.1 Å². The van der Waals surface area contributed by atoms with Gasteiger partial charge in [-0.15, -0.1) is 0 Å². The largest absolute Gasteiger partial charge is 0.324 e. The minimum Gasteiger partial charge on any atom is -0.324 e. The van der Waals surface area contributed by atoms with Crippen LogP contribution in [0.25, 0.3) is 11.1 Å². The van der Waals surface area contributed by atoms with Gasteiger partial charge in [-0.25, -0.2) is 0 Å². The zero-order chi connectivity index (χ0) is 10.7. The van der Waals surface area contributed by atoms with E-state index in [1.54, 1.807) is 0 Å². The minimum absolute atomic E-state index is 0.0914. The molecule has 0 saturated carbocycles. The third-order valence-corrected chi connectivity index (χ3v) is 2.52. The van der Waals surface area contributed by atoms with E-state index in [1.807, 2.05) is 25.1 Å². The van der Waals surface area contributed by atoms with Gasteiger partial charge in [0, 0.05) is 6.04 Å². The summed E-state index contributed by atoms with van der Waals surface area (Å²) >= 11 is 0. The highest BCUT2D eigenvalue weighted by Crippen LogP contribution is 2.21. The number of nitrogens with two attached hydrogens (primary N) is 1. The van der Waals surface area contributed by atoms with E-state index in [4.69, 9.17) is 5.73 Å². The summed E-state index contributed by atoms with van der Waals surface area (Å²) in [6.07, 6.45) is 0. The van der Waals surface area contributed by atoms with Crippen molar-refractivity contribution in [2.24, 2.45) is 5.73 Å². The molecule has 0 radical (unpaired) electrons. The predicted molar refractivity (Wildman–Crippen MR) is 64.5 cm³/mol. The average Bonchev–Trinajstić information content (AvgIpc) is 2.30. The molecule has 0 heterocycles. The Hall–Kier alpha value is -1.60. The Morgan fingerprint density at radius 3 is 2.20 bits per heavy atom. The summed E-state index contributed by atoms with van der Waals surface area (Å²) in [5.41, 5.74) is 9.50. The van der Waals surface area contributed by atoms with Crippen molar-refractivity contribution in [2.45, 2.75) is 13.0 Å². The molecule has 1 atom stereocenters. The first-order valence-electron chi connectivity index (χ1n) is 5.18. The van der Waals surface area contributed by atoms with E-state index < -0.39 is 0 Å². The van der Waals surface area contributed by atoms with E-state index in [0.29, 0.717) is 0 Å². The highest BCUT2D eigenvalue weighted by atomic mass is 14.6. The maximum absolute atomic E-state index is 5.86. The zero-order valence-electron chi connectivity index (χ0n) is 8.85. The molecule has 0 aliphatic rings. The topological polar surface area (TPSA) is 26.0 Å². The van der Waals surface area contributed by atoms with E-state index in [-0.39, 0.29) is 6.04 Å². The third kappa shape index (κ3) is 2.25. The van der Waals surface area contributed by atoms with Gasteiger partial charge in [-0.3, -0.25) is 0 Å². The number of hydrogen-bond donors (Lipinski definition) is 1. The van der Waals surface area contributed by atoms with E-state index in [0.717, 1.165) is 0 Å². The summed E-state index contributed by atoms with van der Waals surface area (Å²) in [5.74, 6) is 0. The smallest absolute Gasteiger partial charge is 0.0266 e. The van der Waals surface area contributed by atoms with Gasteiger partial charge in [0.25, 0.3) is 0 Å². The lowest BCUT2D eigenvalue weighted by atomic mass is 10.0. The van der Waals surface area contributed by atoms with Gasteiger partial charge in [-0.1, -0.05) is 48.5 Å². The van der Waals surface area contributed by atoms with Crippen LogP contribution in [0, 0.1) is 0 Å². The molecule has 0 saturated heterocycles. The van der Waals surface area contributed by atoms with Crippen LogP contribution in [0.5, 0.6) is 0 Å². The molecule has 2 aromatic carbocycles. The molecular formula is C14H15N. The fourth-order valence-electron chi connectivity index (χ4n) is 1.63. The lowest BCUT2D eigenvalue weighted by molar-refractivity contribution is 0.819. The Balaban J connectivity index is 2.42. The Labute approximate surface area is 90.6 Å². The molecule has 15 heavy (non-hydrogen) atoms. The highest BCUT2D eigenvalue weighted by Gasteiger charge is 2.01. The van der Waals surface area contributed by atoms with Gasteiger partial charge in [0.1, 0.15) is 0 Å². The molecule has 0 fully saturated rings. The molecule has 1 heteroatoms. The number of rotatable bonds is 2. The Bertz CT molecular complexity index is 432. The standard InChI is InChI=1S/C14H15N/c1-11(15)13-8-5-9-14(10-13)12-6-3-2-4-7-12/h2-11H,15H2,1H3/t11-/m0/s1. The Morgan fingerprint density at radius 2 is 1.53 bits per heavy atom. The van der Waals surface area contributed by atoms with E-state index in [9.17, 15) is 0 Å². The molecule has 1 nitrogen and oxygen atoms in total. The number of hydrogen-bond acceptors (Lipinski definition) is 1. The van der Waals surface area contributed by atoms with Gasteiger partial charge in [0.15, 0.2) is 0 Å². The lowest BCUT2D eigenvalue weighted by Crippen LogP contribution is -2.04. The van der Waals surface area contributed by atoms with Gasteiger partial charge < -0.3 is 5.73 Å². The molecule has 2 aromatic rings. The normalized spacial score (nSPS) is 12.4. The van der Waals surface area contributed by atoms with E-state index in [2.05, 4.69) is 36.4 Å². The summed E-state index contributed by atoms with van der Waals surface area (Å²) in [6, 6.07) is 18.8. The minimum atomic E-state index is 0.0914. The number of benzene rings is 2. The van der Waals surface area contributed by atoms with Crippen LogP contribution >= 0.6 is 0 Å². The maximum atomic E-state index is 5.86. The van der Waals surface area contributed by atoms with Crippen LogP contribution in [0.4, 0.5) is 0 Å². The lowest BCUT2D eigenvalue weighted by Gasteiger charge is -2.08. The van der Waals surface area contributed by atoms with Crippen molar-refractivity contribution < 1.29 is 0 Å². The molecule has 2 rings (SSSR count). The van der Waals surface area contributed by atoms with Crippen molar-refractivity contribution in [3.63, 3.8) is 0 Å². The summed E-state index contributed by atoms with van der Waals surface area (Å²) < 4.78 is 0. The highest BCUT2D eigenvalue weighted by molar-refractivity contribution is 5.64. The maximum Gasteiger partial charge on any atom is 0.0266 e. The van der Waals surface area contributed by atoms with Crippen molar-refractivity contribution in [3.05, 3.63) is 60.2 Å². The third-order valence-electron chi connectivity index (χ3n) is 2.52. The molecule has 0 spiro atoms. The molecule has 0 bridgehead atoms. The van der Waals surface area contributed by atoms with Gasteiger partial charge in [-0.05, 0) is 29.7 Å². The van der Waals surface area contributed by atoms with E-state index in [1.165, 1.54) is 16.7 Å². The SMILES string of the molecule is C[C@H](N)c1cccc(-c2ccccc2)c1. The van der Waals surface area contributed by atoms with Crippen molar-refractivity contribution >= 4 is 0 Å². The van der Waals surface area contributed by atoms with Crippen LogP contribution in [-0.2, 0) is 0 Å². The quantitative estimate of drug-likeness (QED) is 0.784. The average molecular weight is 197 g/mol. The van der Waals surface area contributed by atoms with Crippen LogP contribution in [0.2, 0.25) is 0 Å². The van der Waals surface area contributed by atoms with Gasteiger partial charge in [0.2, 0.25) is 0 Å². The fraction of sp³-hybridized carbons (Fsp3) is 0.143. The van der Waals surface area contributed by atoms with Crippen LogP contribution in [-0.4, -0.2) is 0 Å². The van der Waals surface area contributed by atoms with Crippen LogP contribution in [0.1, 0.15) is 18.5 Å². The summed E-state index contributed by atoms with van der Waals surface area (Å²) in [7, 11) is 0. The first-order chi connectivity index (χ1) is 7.27. The van der Waals surface area contributed by atoms with E-state index >= 15 is 0 Å². The Kier molecular flexibility index (Phi) is 2.84. The predicted octanol–water partition coefficient (Wildman–Crippen LogP) is 3.37. The Morgan fingerprint density at radius 1 is 0.867 bits per heavy atom. The molecule has 0 amide bonds. The second-order valence-electron chi connectivity index (χ2n) is 3.78. The zero-order valence-corrected chi connectivity index (χ0v) is 8.85. The molecule has 2 N–H and O–H groups in total. The van der Waals surface area contributed by atoms with Crippen LogP contribution in [0.15, 0.2) is 54.6 Å². The second-order valence-corrected chi connectivity index (χ2v) is 3.78. The molecule has 76 valence electrons. The van der Waals surface area contributed by atoms with Crippen LogP contribution in [0.3, 0.4) is 0 Å². The summed E-state index contributed by atoms with van der Waals surface area (Å²) in [6.45, 7) is 2.00. The summed E-state index contributed by atoms with van der Waals surface area (Å²) in [4.78, 5) is 0. The first kappa shape index (κ1) is 9.94. The van der Waals surface area contributed by atoms with Crippen molar-refractivity contribution in [1.82, 2.24) is 0 Å². The van der Waals surface area contributed by atoms with Crippen LogP contribution < -0.4 is 5.73 Å².